The molecule has 158 valence electrons. The van der Waals surface area contributed by atoms with Gasteiger partial charge in [0.15, 0.2) is 0 Å². The molecule has 0 unspecified atom stereocenters. The van der Waals surface area contributed by atoms with Gasteiger partial charge in [-0.25, -0.2) is 18.0 Å². The molecule has 10 heteroatoms. The fraction of sp³-hybridized carbons (Fsp3) is 0.200. The Bertz CT molecular complexity index is 1210. The number of hydrogen-bond donors (Lipinski definition) is 3. The number of nitrogens with one attached hydrogen (secondary N) is 2. The topological polar surface area (TPSA) is 126 Å². The van der Waals surface area contributed by atoms with Gasteiger partial charge in [-0.3, -0.25) is 4.72 Å². The number of hydrogen-bond acceptors (Lipinski definition) is 6. The van der Waals surface area contributed by atoms with Crippen LogP contribution in [0.15, 0.2) is 41.3 Å². The van der Waals surface area contributed by atoms with E-state index in [0.29, 0.717) is 10.6 Å². The normalized spacial score (nSPS) is 11.3. The fourth-order valence-corrected chi connectivity index (χ4v) is 5.64. The van der Waals surface area contributed by atoms with Crippen molar-refractivity contribution in [3.63, 3.8) is 0 Å². The van der Waals surface area contributed by atoms with Crippen LogP contribution >= 0.6 is 11.3 Å². The van der Waals surface area contributed by atoms with Crippen LogP contribution in [-0.2, 0) is 14.8 Å². The minimum atomic E-state index is -4.28. The summed E-state index contributed by atoms with van der Waals surface area (Å²) in [5, 5.41) is 9.56. The minimum absolute atomic E-state index is 0.0700. The molecule has 2 heterocycles. The van der Waals surface area contributed by atoms with Crippen molar-refractivity contribution in [1.82, 2.24) is 4.98 Å². The molecular weight excluding hydrogens is 428 g/mol. The fourth-order valence-electron chi connectivity index (χ4n) is 3.11. The van der Waals surface area contributed by atoms with Crippen LogP contribution in [0.5, 0.6) is 0 Å². The number of thiophene rings is 1. The Balaban J connectivity index is 2.08. The van der Waals surface area contributed by atoms with Crippen LogP contribution in [0.1, 0.15) is 38.3 Å². The van der Waals surface area contributed by atoms with Crippen LogP contribution in [0.3, 0.4) is 0 Å². The lowest BCUT2D eigenvalue weighted by Crippen LogP contribution is -2.19. The molecule has 0 fully saturated rings. The first-order valence-corrected chi connectivity index (χ1v) is 11.3. The quantitative estimate of drug-likeness (QED) is 0.469. The van der Waals surface area contributed by atoms with Gasteiger partial charge in [0.2, 0.25) is 0 Å². The number of aryl methyl sites for hydroxylation is 2. The van der Waals surface area contributed by atoms with E-state index in [0.717, 1.165) is 16.9 Å². The van der Waals surface area contributed by atoms with E-state index in [2.05, 4.69) is 9.71 Å². The first-order valence-electron chi connectivity index (χ1n) is 8.97. The summed E-state index contributed by atoms with van der Waals surface area (Å²) < 4.78 is 33.6. The van der Waals surface area contributed by atoms with Crippen LogP contribution in [-0.4, -0.2) is 37.1 Å². The molecule has 0 radical (unpaired) electrons. The van der Waals surface area contributed by atoms with E-state index in [-0.39, 0.29) is 33.3 Å². The van der Waals surface area contributed by atoms with Crippen molar-refractivity contribution in [3.8, 4) is 10.4 Å². The summed E-state index contributed by atoms with van der Waals surface area (Å²) in [7, 11) is -4.28. The van der Waals surface area contributed by atoms with Crippen molar-refractivity contribution in [3.05, 3.63) is 58.2 Å². The number of anilines is 1. The minimum Gasteiger partial charge on any atom is -0.477 e. The molecule has 2 aromatic heterocycles. The molecule has 3 rings (SSSR count). The third-order valence-corrected chi connectivity index (χ3v) is 7.00. The molecule has 8 nitrogen and oxygen atoms in total. The van der Waals surface area contributed by atoms with Crippen LogP contribution in [0, 0.1) is 13.8 Å². The Morgan fingerprint density at radius 1 is 1.17 bits per heavy atom. The number of aromatic carboxylic acids is 1. The number of esters is 1. The molecule has 0 bridgehead atoms. The molecule has 0 atom stereocenters. The average Bonchev–Trinajstić information content (AvgIpc) is 3.23. The zero-order valence-electron chi connectivity index (χ0n) is 16.5. The second kappa shape index (κ2) is 8.33. The predicted molar refractivity (Wildman–Crippen MR) is 114 cm³/mol. The summed E-state index contributed by atoms with van der Waals surface area (Å²) in [6, 6.07) is 10.5. The lowest BCUT2D eigenvalue weighted by atomic mass is 10.2. The lowest BCUT2D eigenvalue weighted by Gasteiger charge is -2.10. The van der Waals surface area contributed by atoms with Crippen LogP contribution in [0.25, 0.3) is 10.4 Å². The summed E-state index contributed by atoms with van der Waals surface area (Å²) in [5.74, 6) is -2.03. The standard InChI is InChI=1S/C20H20N2O6S2/c1-4-28-20(25)16-11(2)21-12(3)18(16)30(26,27)22-14-10-15(29-17(14)19(23)24)13-8-6-5-7-9-13/h5-10,21-22H,4H2,1-3H3,(H,23,24). The number of carboxylic acids is 1. The lowest BCUT2D eigenvalue weighted by molar-refractivity contribution is 0.0520. The summed E-state index contributed by atoms with van der Waals surface area (Å²) in [6.45, 7) is 4.79. The van der Waals surface area contributed by atoms with Gasteiger partial charge in [0.05, 0.1) is 12.3 Å². The zero-order valence-corrected chi connectivity index (χ0v) is 18.1. The van der Waals surface area contributed by atoms with Crippen LogP contribution in [0.2, 0.25) is 0 Å². The molecule has 0 aliphatic rings. The van der Waals surface area contributed by atoms with E-state index in [1.807, 2.05) is 6.07 Å². The number of sulfonamides is 1. The largest absolute Gasteiger partial charge is 0.477 e. The summed E-state index contributed by atoms with van der Waals surface area (Å²) >= 11 is 0.959. The highest BCUT2D eigenvalue weighted by atomic mass is 32.2. The number of benzene rings is 1. The highest BCUT2D eigenvalue weighted by Crippen LogP contribution is 2.36. The highest BCUT2D eigenvalue weighted by molar-refractivity contribution is 7.92. The maximum atomic E-state index is 13.2. The van der Waals surface area contributed by atoms with Gasteiger partial charge in [-0.2, -0.15) is 0 Å². The Kier molecular flexibility index (Phi) is 5.99. The second-order valence-corrected chi connectivity index (χ2v) is 9.10. The van der Waals surface area contributed by atoms with Gasteiger partial charge in [0, 0.05) is 16.3 Å². The number of ether oxygens (including phenoxy) is 1. The van der Waals surface area contributed by atoms with Gasteiger partial charge in [0.1, 0.15) is 15.3 Å². The monoisotopic (exact) mass is 448 g/mol. The SMILES string of the molecule is CCOC(=O)c1c(C)[nH]c(C)c1S(=O)(=O)Nc1cc(-c2ccccc2)sc1C(=O)O. The smallest absolute Gasteiger partial charge is 0.348 e. The maximum absolute atomic E-state index is 13.2. The van der Waals surface area contributed by atoms with Gasteiger partial charge in [-0.15, -0.1) is 11.3 Å². The third kappa shape index (κ3) is 4.10. The molecular formula is C20H20N2O6S2. The molecule has 1 aromatic carbocycles. The first kappa shape index (κ1) is 21.6. The van der Waals surface area contributed by atoms with Crippen molar-refractivity contribution < 1.29 is 27.9 Å². The number of rotatable bonds is 7. The summed E-state index contributed by atoms with van der Waals surface area (Å²) in [4.78, 5) is 27.1. The Labute approximate surface area is 177 Å². The molecule has 0 aliphatic heterocycles. The van der Waals surface area contributed by atoms with Crippen LogP contribution in [0.4, 0.5) is 5.69 Å². The van der Waals surface area contributed by atoms with E-state index in [9.17, 15) is 23.1 Å². The number of aromatic amines is 1. The van der Waals surface area contributed by atoms with E-state index in [4.69, 9.17) is 4.74 Å². The molecule has 3 aromatic rings. The molecule has 0 spiro atoms. The van der Waals surface area contributed by atoms with E-state index >= 15 is 0 Å². The molecule has 3 N–H and O–H groups in total. The molecule has 0 aliphatic carbocycles. The predicted octanol–water partition coefficient (Wildman–Crippen LogP) is 4.04. The number of carboxylic acid groups (broad SMARTS) is 1. The zero-order chi connectivity index (χ0) is 22.1. The Hall–Kier alpha value is -3.11. The number of H-pyrrole nitrogens is 1. The van der Waals surface area contributed by atoms with Gasteiger partial charge in [-0.1, -0.05) is 30.3 Å². The Morgan fingerprint density at radius 2 is 1.83 bits per heavy atom. The first-order chi connectivity index (χ1) is 14.2. The summed E-state index contributed by atoms with van der Waals surface area (Å²) in [5.41, 5.74) is 1.19. The van der Waals surface area contributed by atoms with Crippen molar-refractivity contribution in [2.75, 3.05) is 11.3 Å². The third-order valence-electron chi connectivity index (χ3n) is 4.29. The molecule has 0 saturated carbocycles. The van der Waals surface area contributed by atoms with Crippen molar-refractivity contribution in [2.24, 2.45) is 0 Å². The average molecular weight is 449 g/mol. The summed E-state index contributed by atoms with van der Waals surface area (Å²) in [6.07, 6.45) is 0. The van der Waals surface area contributed by atoms with Gasteiger partial charge in [0.25, 0.3) is 10.0 Å². The van der Waals surface area contributed by atoms with Crippen LogP contribution < -0.4 is 4.72 Å². The van der Waals surface area contributed by atoms with Gasteiger partial charge < -0.3 is 14.8 Å². The Morgan fingerprint density at radius 3 is 2.43 bits per heavy atom. The van der Waals surface area contributed by atoms with Crippen molar-refractivity contribution >= 4 is 39.0 Å². The van der Waals surface area contributed by atoms with Gasteiger partial charge >= 0.3 is 11.9 Å². The number of aromatic nitrogens is 1. The maximum Gasteiger partial charge on any atom is 0.348 e. The molecule has 0 saturated heterocycles. The molecule has 30 heavy (non-hydrogen) atoms. The van der Waals surface area contributed by atoms with Crippen molar-refractivity contribution in [2.45, 2.75) is 25.7 Å². The second-order valence-electron chi connectivity index (χ2n) is 6.43. The number of carbonyl (C=O) groups is 2. The molecule has 0 amide bonds. The van der Waals surface area contributed by atoms with Gasteiger partial charge in [-0.05, 0) is 32.4 Å². The van der Waals surface area contributed by atoms with E-state index in [1.54, 1.807) is 38.1 Å². The highest BCUT2D eigenvalue weighted by Gasteiger charge is 2.31. The van der Waals surface area contributed by atoms with Crippen molar-refractivity contribution in [1.29, 1.82) is 0 Å². The van der Waals surface area contributed by atoms with E-state index < -0.39 is 22.0 Å². The number of carbonyl (C=O) groups excluding carboxylic acids is 1. The van der Waals surface area contributed by atoms with E-state index in [1.165, 1.54) is 13.0 Å².